The molecular formula is C18H48O6Si3. The lowest BCUT2D eigenvalue weighted by Gasteiger charge is -2.37. The molecule has 0 spiro atoms. The first-order valence-electron chi connectivity index (χ1n) is 7.96. The summed E-state index contributed by atoms with van der Waals surface area (Å²) < 4.78 is 12.6. The minimum atomic E-state index is -2.22. The zero-order valence-electron chi connectivity index (χ0n) is 15.4. The van der Waals surface area contributed by atoms with Crippen LogP contribution < -0.4 is 0 Å². The molecule has 0 rings (SSSR count). The van der Waals surface area contributed by atoms with Crippen molar-refractivity contribution >= 4 is 37.1 Å². The number of rotatable bonds is 11. The Labute approximate surface area is 172 Å². The van der Waals surface area contributed by atoms with E-state index in [1.165, 1.54) is 0 Å². The van der Waals surface area contributed by atoms with Crippen LogP contribution in [0.4, 0.5) is 0 Å². The zero-order chi connectivity index (χ0) is 18.5. The molecule has 0 unspecified atom stereocenters. The summed E-state index contributed by atoms with van der Waals surface area (Å²) in [5.74, 6) is -2.25. The van der Waals surface area contributed by atoms with E-state index in [1.807, 2.05) is 13.1 Å². The fraction of sp³-hybridized carbons (Fsp3) is 0.889. The second kappa shape index (κ2) is 14.5. The van der Waals surface area contributed by atoms with E-state index < -0.39 is 37.1 Å². The van der Waals surface area contributed by atoms with Crippen LogP contribution in [0.1, 0.15) is 49.0 Å². The minimum absolute atomic E-state index is 0. The summed E-state index contributed by atoms with van der Waals surface area (Å²) in [4.78, 5) is 21.8. The van der Waals surface area contributed by atoms with Crippen LogP contribution in [0.25, 0.3) is 0 Å². The third-order valence-electron chi connectivity index (χ3n) is 3.16. The number of hydrogen-bond donors (Lipinski definition) is 2. The molecule has 168 valence electrons. The Morgan fingerprint density at radius 2 is 1.15 bits per heavy atom. The maximum absolute atomic E-state index is 10.9. The first kappa shape index (κ1) is 37.3. The average molecular weight is 445 g/mol. The van der Waals surface area contributed by atoms with E-state index in [9.17, 15) is 9.59 Å². The van der Waals surface area contributed by atoms with Gasteiger partial charge in [0.2, 0.25) is 0 Å². The van der Waals surface area contributed by atoms with E-state index in [4.69, 9.17) is 18.4 Å². The topological polar surface area (TPSA) is 93.1 Å². The monoisotopic (exact) mass is 444 g/mol. The van der Waals surface area contributed by atoms with Crippen LogP contribution in [-0.4, -0.2) is 47.3 Å². The van der Waals surface area contributed by atoms with Gasteiger partial charge in [0.15, 0.2) is 16.6 Å². The maximum atomic E-state index is 10.9. The van der Waals surface area contributed by atoms with Crippen molar-refractivity contribution in [2.75, 3.05) is 0 Å². The highest BCUT2D eigenvalue weighted by Crippen LogP contribution is 2.27. The van der Waals surface area contributed by atoms with Gasteiger partial charge in [0, 0.05) is 12.8 Å². The molecule has 0 amide bonds. The average Bonchev–Trinajstić information content (AvgIpc) is 2.18. The van der Waals surface area contributed by atoms with Gasteiger partial charge in [0.1, 0.15) is 0 Å². The quantitative estimate of drug-likeness (QED) is 0.365. The van der Waals surface area contributed by atoms with Crippen molar-refractivity contribution in [2.24, 2.45) is 5.92 Å². The third kappa shape index (κ3) is 21.7. The van der Waals surface area contributed by atoms with Gasteiger partial charge in [-0.1, -0.05) is 29.7 Å². The lowest BCUT2D eigenvalue weighted by Crippen LogP contribution is -2.51. The molecule has 0 aromatic heterocycles. The summed E-state index contributed by atoms with van der Waals surface area (Å²) in [5.41, 5.74) is 0. The molecule has 0 atom stereocenters. The Kier molecular flexibility index (Phi) is 20.0. The van der Waals surface area contributed by atoms with Crippen LogP contribution >= 0.6 is 0 Å². The predicted octanol–water partition coefficient (Wildman–Crippen LogP) is 6.26. The number of aliphatic carboxylic acids is 2. The standard InChI is InChI=1S/C14H32O6Si3.4CH4/c1-21(2,3)19-23(6,7)20-22(4,5)9-8-12(10-13(15)16)11-14(17)18;;;;/h12H,8-11H2,1-7H3,(H,15,16)(H,17,18);4*1H4. The smallest absolute Gasteiger partial charge is 0.311 e. The lowest BCUT2D eigenvalue weighted by atomic mass is 9.99. The summed E-state index contributed by atoms with van der Waals surface area (Å²) in [5, 5.41) is 17.8. The molecule has 0 fully saturated rings. The number of hydrogen-bond acceptors (Lipinski definition) is 4. The van der Waals surface area contributed by atoms with Crippen LogP contribution in [0.15, 0.2) is 0 Å². The van der Waals surface area contributed by atoms with Crippen LogP contribution in [0, 0.1) is 5.92 Å². The molecule has 0 aromatic carbocycles. The van der Waals surface area contributed by atoms with E-state index >= 15 is 0 Å². The molecule has 0 bridgehead atoms. The van der Waals surface area contributed by atoms with E-state index in [1.54, 1.807) is 0 Å². The summed E-state index contributed by atoms with van der Waals surface area (Å²) in [6.45, 7) is 14.7. The molecule has 0 aliphatic heterocycles. The summed E-state index contributed by atoms with van der Waals surface area (Å²) >= 11 is 0. The largest absolute Gasteiger partial charge is 0.481 e. The van der Waals surface area contributed by atoms with Gasteiger partial charge >= 0.3 is 20.5 Å². The SMILES string of the molecule is C.C.C.C.C[Si](C)(C)O[Si](C)(C)O[Si](C)(C)CCC(CC(=O)O)CC(=O)O. The van der Waals surface area contributed by atoms with Gasteiger partial charge < -0.3 is 18.4 Å². The van der Waals surface area contributed by atoms with Gasteiger partial charge in [-0.3, -0.25) is 9.59 Å². The second-order valence-corrected chi connectivity index (χ2v) is 20.8. The highest BCUT2D eigenvalue weighted by atomic mass is 28.5. The van der Waals surface area contributed by atoms with Crippen molar-refractivity contribution in [2.45, 2.75) is 101 Å². The fourth-order valence-electron chi connectivity index (χ4n) is 2.80. The molecule has 0 saturated carbocycles. The number of carbonyl (C=O) groups is 2. The van der Waals surface area contributed by atoms with E-state index in [2.05, 4.69) is 32.7 Å². The molecule has 0 saturated heterocycles. The Morgan fingerprint density at radius 1 is 0.778 bits per heavy atom. The van der Waals surface area contributed by atoms with Crippen LogP contribution in [0.2, 0.25) is 51.9 Å². The Balaban J connectivity index is -0.000000403. The highest BCUT2D eigenvalue weighted by molar-refractivity contribution is 6.87. The molecule has 27 heavy (non-hydrogen) atoms. The molecule has 9 heteroatoms. The molecule has 0 aromatic rings. The van der Waals surface area contributed by atoms with Crippen molar-refractivity contribution in [3.8, 4) is 0 Å². The predicted molar refractivity (Wildman–Crippen MR) is 125 cm³/mol. The van der Waals surface area contributed by atoms with Gasteiger partial charge in [0.25, 0.3) is 0 Å². The van der Waals surface area contributed by atoms with Gasteiger partial charge in [0.05, 0.1) is 0 Å². The maximum Gasteiger partial charge on any atom is 0.311 e. The van der Waals surface area contributed by atoms with E-state index in [0.29, 0.717) is 6.42 Å². The van der Waals surface area contributed by atoms with E-state index in [-0.39, 0.29) is 48.5 Å². The van der Waals surface area contributed by atoms with Gasteiger partial charge in [-0.15, -0.1) is 0 Å². The molecule has 0 radical (unpaired) electrons. The summed E-state index contributed by atoms with van der Waals surface area (Å²) in [6.07, 6.45) is 0.348. The Morgan fingerprint density at radius 3 is 1.44 bits per heavy atom. The van der Waals surface area contributed by atoms with Gasteiger partial charge in [-0.05, 0) is 64.2 Å². The second-order valence-electron chi connectivity index (χ2n) is 8.08. The van der Waals surface area contributed by atoms with Crippen molar-refractivity contribution in [1.29, 1.82) is 0 Å². The minimum Gasteiger partial charge on any atom is -0.481 e. The Bertz CT molecular complexity index is 404. The molecule has 0 aliphatic carbocycles. The van der Waals surface area contributed by atoms with Gasteiger partial charge in [-0.25, -0.2) is 0 Å². The first-order valence-corrected chi connectivity index (χ1v) is 17.3. The van der Waals surface area contributed by atoms with Crippen LogP contribution in [0.3, 0.4) is 0 Å². The summed E-state index contributed by atoms with van der Waals surface area (Å²) in [7, 11) is -5.93. The third-order valence-corrected chi connectivity index (χ3v) is 13.2. The van der Waals surface area contributed by atoms with Crippen molar-refractivity contribution < 1.29 is 28.0 Å². The fourth-order valence-corrected chi connectivity index (χ4v) is 16.1. The van der Waals surface area contributed by atoms with Crippen LogP contribution in [-0.2, 0) is 17.8 Å². The van der Waals surface area contributed by atoms with Crippen molar-refractivity contribution in [3.05, 3.63) is 0 Å². The molecule has 2 N–H and O–H groups in total. The van der Waals surface area contributed by atoms with Gasteiger partial charge in [-0.2, -0.15) is 0 Å². The molecule has 0 heterocycles. The molecular weight excluding hydrogens is 396 g/mol. The Hall–Kier alpha value is -0.489. The van der Waals surface area contributed by atoms with Crippen molar-refractivity contribution in [3.63, 3.8) is 0 Å². The summed E-state index contributed by atoms with van der Waals surface area (Å²) in [6, 6.07) is 0.740. The normalized spacial score (nSPS) is 11.4. The molecule has 0 aliphatic rings. The molecule has 6 nitrogen and oxygen atoms in total. The number of carboxylic acids is 2. The number of carboxylic acid groups (broad SMARTS) is 2. The van der Waals surface area contributed by atoms with Crippen LogP contribution in [0.5, 0.6) is 0 Å². The zero-order valence-corrected chi connectivity index (χ0v) is 18.4. The first-order chi connectivity index (χ1) is 10.1. The van der Waals surface area contributed by atoms with E-state index in [0.717, 1.165) is 6.04 Å². The van der Waals surface area contributed by atoms with Crippen molar-refractivity contribution in [1.82, 2.24) is 0 Å². The highest BCUT2D eigenvalue weighted by Gasteiger charge is 2.38. The lowest BCUT2D eigenvalue weighted by molar-refractivity contribution is -0.140.